The molecule has 1 aromatic rings. The second-order valence-corrected chi connectivity index (χ2v) is 5.09. The number of likely N-dealkylation sites (tertiary alicyclic amines) is 1. The lowest BCUT2D eigenvalue weighted by Crippen LogP contribution is -2.36. The summed E-state index contributed by atoms with van der Waals surface area (Å²) in [4.78, 5) is 25.1. The van der Waals surface area contributed by atoms with Crippen LogP contribution in [0.2, 0.25) is 0 Å². The van der Waals surface area contributed by atoms with Crippen LogP contribution in [0.3, 0.4) is 0 Å². The van der Waals surface area contributed by atoms with Gasteiger partial charge in [0.1, 0.15) is 0 Å². The lowest BCUT2D eigenvalue weighted by molar-refractivity contribution is -0.148. The Kier molecular flexibility index (Phi) is 3.57. The Morgan fingerprint density at radius 3 is 2.60 bits per heavy atom. The Balaban J connectivity index is 2.24. The van der Waals surface area contributed by atoms with Gasteiger partial charge in [0.2, 0.25) is 0 Å². The predicted octanol–water partition coefficient (Wildman–Crippen LogP) is 1.42. The van der Waals surface area contributed by atoms with E-state index < -0.39 is 23.0 Å². The number of hydrogen-bond donors (Lipinski definition) is 3. The molecule has 3 N–H and O–H groups in total. The molecule has 1 unspecified atom stereocenters. The van der Waals surface area contributed by atoms with Crippen molar-refractivity contribution in [1.29, 1.82) is 0 Å². The van der Waals surface area contributed by atoms with Gasteiger partial charge in [0.15, 0.2) is 11.5 Å². The van der Waals surface area contributed by atoms with Gasteiger partial charge >= 0.3 is 5.97 Å². The zero-order valence-electron chi connectivity index (χ0n) is 11.2. The summed E-state index contributed by atoms with van der Waals surface area (Å²) in [5.74, 6) is -2.21. The van der Waals surface area contributed by atoms with E-state index in [0.29, 0.717) is 19.4 Å². The Morgan fingerprint density at radius 2 is 2.05 bits per heavy atom. The molecule has 6 nitrogen and oxygen atoms in total. The van der Waals surface area contributed by atoms with Crippen molar-refractivity contribution in [3.05, 3.63) is 23.8 Å². The standard InChI is InChI=1S/C14H17NO5/c1-2-14(13(19)20)6-7-15(8-14)12(18)9-4-3-5-10(16)11(9)17/h3-5,16-17H,2,6-8H2,1H3,(H,19,20). The van der Waals surface area contributed by atoms with E-state index in [1.54, 1.807) is 6.92 Å². The molecular weight excluding hydrogens is 262 g/mol. The predicted molar refractivity (Wildman–Crippen MR) is 70.7 cm³/mol. The maximum absolute atomic E-state index is 12.3. The van der Waals surface area contributed by atoms with Crippen LogP contribution in [-0.4, -0.2) is 45.2 Å². The van der Waals surface area contributed by atoms with E-state index in [4.69, 9.17) is 0 Å². The number of carbonyl (C=O) groups excluding carboxylic acids is 1. The number of rotatable bonds is 3. The molecule has 1 saturated heterocycles. The highest BCUT2D eigenvalue weighted by Crippen LogP contribution is 2.36. The lowest BCUT2D eigenvalue weighted by atomic mass is 9.84. The van der Waals surface area contributed by atoms with Crippen LogP contribution in [0.25, 0.3) is 0 Å². The van der Waals surface area contributed by atoms with Crippen LogP contribution in [0.5, 0.6) is 11.5 Å². The van der Waals surface area contributed by atoms with E-state index in [9.17, 15) is 24.9 Å². The summed E-state index contributed by atoms with van der Waals surface area (Å²) in [5, 5.41) is 28.4. The highest BCUT2D eigenvalue weighted by Gasteiger charge is 2.45. The third-order valence-corrected chi connectivity index (χ3v) is 4.02. The SMILES string of the molecule is CCC1(C(=O)O)CCN(C(=O)c2cccc(O)c2O)C1. The number of carbonyl (C=O) groups is 2. The number of benzene rings is 1. The minimum atomic E-state index is -0.915. The fraction of sp³-hybridized carbons (Fsp3) is 0.429. The molecule has 1 heterocycles. The maximum atomic E-state index is 12.3. The molecule has 0 aromatic heterocycles. The van der Waals surface area contributed by atoms with Gasteiger partial charge < -0.3 is 20.2 Å². The average molecular weight is 279 g/mol. The smallest absolute Gasteiger partial charge is 0.311 e. The number of aliphatic carboxylic acids is 1. The van der Waals surface area contributed by atoms with Crippen molar-refractivity contribution >= 4 is 11.9 Å². The zero-order chi connectivity index (χ0) is 14.9. The van der Waals surface area contributed by atoms with E-state index in [-0.39, 0.29) is 17.9 Å². The van der Waals surface area contributed by atoms with Crippen LogP contribution >= 0.6 is 0 Å². The van der Waals surface area contributed by atoms with Crippen molar-refractivity contribution < 1.29 is 24.9 Å². The first-order chi connectivity index (χ1) is 9.41. The van der Waals surface area contributed by atoms with Crippen molar-refractivity contribution in [2.75, 3.05) is 13.1 Å². The molecule has 6 heteroatoms. The number of amides is 1. The lowest BCUT2D eigenvalue weighted by Gasteiger charge is -2.23. The summed E-state index contributed by atoms with van der Waals surface area (Å²) in [6, 6.07) is 4.15. The summed E-state index contributed by atoms with van der Waals surface area (Å²) in [7, 11) is 0. The number of carboxylic acids is 1. The second-order valence-electron chi connectivity index (χ2n) is 5.09. The molecule has 1 amide bonds. The number of aromatic hydroxyl groups is 2. The molecule has 1 fully saturated rings. The van der Waals surface area contributed by atoms with Crippen LogP contribution in [0.4, 0.5) is 0 Å². The third kappa shape index (κ3) is 2.17. The minimum Gasteiger partial charge on any atom is -0.504 e. The highest BCUT2D eigenvalue weighted by atomic mass is 16.4. The summed E-state index contributed by atoms with van der Waals surface area (Å²) >= 11 is 0. The van der Waals surface area contributed by atoms with Crippen molar-refractivity contribution in [1.82, 2.24) is 4.90 Å². The molecule has 0 spiro atoms. The Morgan fingerprint density at radius 1 is 1.35 bits per heavy atom. The van der Waals surface area contributed by atoms with Crippen molar-refractivity contribution in [2.45, 2.75) is 19.8 Å². The first kappa shape index (κ1) is 14.2. The topological polar surface area (TPSA) is 98.1 Å². The van der Waals surface area contributed by atoms with Crippen LogP contribution in [0.1, 0.15) is 30.1 Å². The van der Waals surface area contributed by atoms with Crippen LogP contribution in [0, 0.1) is 5.41 Å². The van der Waals surface area contributed by atoms with Gasteiger partial charge in [-0.2, -0.15) is 0 Å². The molecule has 20 heavy (non-hydrogen) atoms. The van der Waals surface area contributed by atoms with E-state index in [2.05, 4.69) is 0 Å². The quantitative estimate of drug-likeness (QED) is 0.727. The van der Waals surface area contributed by atoms with Gasteiger partial charge in [0.05, 0.1) is 11.0 Å². The molecule has 0 bridgehead atoms. The first-order valence-corrected chi connectivity index (χ1v) is 6.45. The molecular formula is C14H17NO5. The maximum Gasteiger partial charge on any atom is 0.311 e. The van der Waals surface area contributed by atoms with E-state index in [1.807, 2.05) is 0 Å². The van der Waals surface area contributed by atoms with Gasteiger partial charge in [-0.25, -0.2) is 0 Å². The van der Waals surface area contributed by atoms with Gasteiger partial charge in [-0.15, -0.1) is 0 Å². The Hall–Kier alpha value is -2.24. The fourth-order valence-electron chi connectivity index (χ4n) is 2.53. The van der Waals surface area contributed by atoms with Gasteiger partial charge in [0, 0.05) is 13.1 Å². The average Bonchev–Trinajstić information content (AvgIpc) is 2.87. The molecule has 0 radical (unpaired) electrons. The third-order valence-electron chi connectivity index (χ3n) is 4.02. The normalized spacial score (nSPS) is 21.9. The summed E-state index contributed by atoms with van der Waals surface area (Å²) in [5.41, 5.74) is -0.926. The van der Waals surface area contributed by atoms with Gasteiger partial charge in [-0.1, -0.05) is 13.0 Å². The fourth-order valence-corrected chi connectivity index (χ4v) is 2.53. The van der Waals surface area contributed by atoms with E-state index in [0.717, 1.165) is 0 Å². The number of phenolic OH excluding ortho intramolecular Hbond substituents is 2. The molecule has 0 saturated carbocycles. The zero-order valence-corrected chi connectivity index (χ0v) is 11.2. The van der Waals surface area contributed by atoms with Crippen molar-refractivity contribution in [3.63, 3.8) is 0 Å². The molecule has 1 aromatic carbocycles. The highest BCUT2D eigenvalue weighted by molar-refractivity contribution is 5.98. The van der Waals surface area contributed by atoms with Crippen molar-refractivity contribution in [3.8, 4) is 11.5 Å². The Bertz CT molecular complexity index is 556. The molecule has 1 aliphatic rings. The first-order valence-electron chi connectivity index (χ1n) is 6.45. The number of hydrogen-bond acceptors (Lipinski definition) is 4. The Labute approximate surface area is 116 Å². The number of nitrogens with zero attached hydrogens (tertiary/aromatic N) is 1. The van der Waals surface area contributed by atoms with Gasteiger partial charge in [-0.3, -0.25) is 9.59 Å². The summed E-state index contributed by atoms with van der Waals surface area (Å²) < 4.78 is 0. The number of phenols is 2. The van der Waals surface area contributed by atoms with Crippen LogP contribution in [-0.2, 0) is 4.79 Å². The summed E-state index contributed by atoms with van der Waals surface area (Å²) in [6.07, 6.45) is 0.836. The molecule has 1 aliphatic heterocycles. The number of para-hydroxylation sites is 1. The van der Waals surface area contributed by atoms with Gasteiger partial charge in [0.25, 0.3) is 5.91 Å². The monoisotopic (exact) mass is 279 g/mol. The molecule has 0 aliphatic carbocycles. The van der Waals surface area contributed by atoms with Gasteiger partial charge in [-0.05, 0) is 25.0 Å². The van der Waals surface area contributed by atoms with Crippen LogP contribution < -0.4 is 0 Å². The molecule has 108 valence electrons. The van der Waals surface area contributed by atoms with E-state index >= 15 is 0 Å². The molecule has 2 rings (SSSR count). The van der Waals surface area contributed by atoms with E-state index in [1.165, 1.54) is 23.1 Å². The number of carboxylic acid groups (broad SMARTS) is 1. The largest absolute Gasteiger partial charge is 0.504 e. The second kappa shape index (κ2) is 5.03. The summed E-state index contributed by atoms with van der Waals surface area (Å²) in [6.45, 7) is 2.23. The molecule has 1 atom stereocenters. The van der Waals surface area contributed by atoms with Crippen molar-refractivity contribution in [2.24, 2.45) is 5.41 Å². The van der Waals surface area contributed by atoms with Crippen LogP contribution in [0.15, 0.2) is 18.2 Å². The minimum absolute atomic E-state index is 0.0118.